The van der Waals surface area contributed by atoms with Crippen LogP contribution in [0.5, 0.6) is 0 Å². The van der Waals surface area contributed by atoms with Crippen LogP contribution in [0, 0.1) is 0 Å². The molecule has 2 aliphatic rings. The fraction of sp³-hybridized carbons (Fsp3) is 0.238. The summed E-state index contributed by atoms with van der Waals surface area (Å²) < 4.78 is 14.3. The first kappa shape index (κ1) is 18.0. The van der Waals surface area contributed by atoms with Crippen molar-refractivity contribution in [2.45, 2.75) is 32.6 Å². The van der Waals surface area contributed by atoms with Gasteiger partial charge in [-0.3, -0.25) is 0 Å². The molecular formula is C21H23FN6. The highest BCUT2D eigenvalue weighted by Gasteiger charge is 2.33. The number of fused-ring (bicyclic) bond motifs is 1. The first-order valence-electron chi connectivity index (χ1n) is 9.34. The molecule has 1 aromatic heterocycles. The minimum absolute atomic E-state index is 0.145. The van der Waals surface area contributed by atoms with Crippen molar-refractivity contribution in [3.05, 3.63) is 72.4 Å². The summed E-state index contributed by atoms with van der Waals surface area (Å²) in [7, 11) is 0. The molecule has 28 heavy (non-hydrogen) atoms. The second-order valence-corrected chi connectivity index (χ2v) is 6.93. The fourth-order valence-corrected chi connectivity index (χ4v) is 3.27. The summed E-state index contributed by atoms with van der Waals surface area (Å²) in [5, 5.41) is 9.86. The lowest BCUT2D eigenvalue weighted by Gasteiger charge is -2.31. The lowest BCUT2D eigenvalue weighted by Crippen LogP contribution is -2.50. The van der Waals surface area contributed by atoms with E-state index >= 15 is 0 Å². The van der Waals surface area contributed by atoms with E-state index in [1.165, 1.54) is 6.08 Å². The first-order valence-corrected chi connectivity index (χ1v) is 9.34. The molecule has 1 unspecified atom stereocenters. The highest BCUT2D eigenvalue weighted by Crippen LogP contribution is 2.34. The number of para-hydroxylation sites is 1. The SMILES string of the molecule is CC(C)N1c2nc(Nc3ccccc3)ncc2NC1NC1=C(F)C=CC=CC1. The molecular weight excluding hydrogens is 355 g/mol. The normalized spacial score (nSPS) is 18.1. The number of nitrogens with zero attached hydrogens (tertiary/aromatic N) is 3. The molecule has 0 radical (unpaired) electrons. The molecule has 7 heteroatoms. The van der Waals surface area contributed by atoms with Crippen molar-refractivity contribution in [1.29, 1.82) is 0 Å². The van der Waals surface area contributed by atoms with Gasteiger partial charge in [0.25, 0.3) is 0 Å². The van der Waals surface area contributed by atoms with Crippen LogP contribution < -0.4 is 20.9 Å². The number of halogens is 1. The zero-order valence-electron chi connectivity index (χ0n) is 15.9. The zero-order valence-corrected chi connectivity index (χ0v) is 15.9. The van der Waals surface area contributed by atoms with Crippen LogP contribution in [-0.2, 0) is 0 Å². The Morgan fingerprint density at radius 1 is 1.21 bits per heavy atom. The van der Waals surface area contributed by atoms with E-state index in [-0.39, 0.29) is 18.2 Å². The topological polar surface area (TPSA) is 65.1 Å². The number of anilines is 4. The third-order valence-electron chi connectivity index (χ3n) is 4.58. The molecule has 0 fully saturated rings. The van der Waals surface area contributed by atoms with Crippen LogP contribution in [0.2, 0.25) is 0 Å². The van der Waals surface area contributed by atoms with Gasteiger partial charge in [0.2, 0.25) is 5.95 Å². The van der Waals surface area contributed by atoms with Crippen molar-refractivity contribution in [1.82, 2.24) is 15.3 Å². The van der Waals surface area contributed by atoms with Gasteiger partial charge in [-0.2, -0.15) is 4.98 Å². The fourth-order valence-electron chi connectivity index (χ4n) is 3.27. The Morgan fingerprint density at radius 2 is 2.04 bits per heavy atom. The minimum Gasteiger partial charge on any atom is -0.349 e. The van der Waals surface area contributed by atoms with Gasteiger partial charge >= 0.3 is 0 Å². The quantitative estimate of drug-likeness (QED) is 0.715. The molecule has 0 bridgehead atoms. The lowest BCUT2D eigenvalue weighted by atomic mass is 10.2. The van der Waals surface area contributed by atoms with Crippen LogP contribution in [0.25, 0.3) is 0 Å². The van der Waals surface area contributed by atoms with E-state index in [1.54, 1.807) is 12.3 Å². The van der Waals surface area contributed by atoms with Crippen LogP contribution in [0.1, 0.15) is 20.3 Å². The molecule has 3 N–H and O–H groups in total. The van der Waals surface area contributed by atoms with E-state index in [0.29, 0.717) is 18.1 Å². The Bertz CT molecular complexity index is 935. The number of hydrogen-bond acceptors (Lipinski definition) is 6. The number of hydrogen-bond donors (Lipinski definition) is 3. The molecule has 1 aliphatic carbocycles. The summed E-state index contributed by atoms with van der Waals surface area (Å²) in [4.78, 5) is 11.2. The van der Waals surface area contributed by atoms with Crippen LogP contribution in [0.3, 0.4) is 0 Å². The van der Waals surface area contributed by atoms with Gasteiger partial charge in [-0.05, 0) is 32.1 Å². The number of allylic oxidation sites excluding steroid dienone is 5. The van der Waals surface area contributed by atoms with Gasteiger partial charge in [0.05, 0.1) is 17.6 Å². The Labute approximate surface area is 163 Å². The van der Waals surface area contributed by atoms with Crippen LogP contribution >= 0.6 is 0 Å². The standard InChI is InChI=1S/C21H23FN6/c1-14(2)28-19-18(13-23-20(27-19)24-15-9-5-3-6-10-15)26-21(28)25-17-12-8-4-7-11-16(17)22/h3-11,13-14,21,25-26H,12H2,1-2H3,(H,23,24,27). The molecule has 0 spiro atoms. The predicted molar refractivity (Wildman–Crippen MR) is 111 cm³/mol. The van der Waals surface area contributed by atoms with Gasteiger partial charge in [0.1, 0.15) is 5.83 Å². The Kier molecular flexibility index (Phi) is 4.97. The maximum atomic E-state index is 14.3. The second kappa shape index (κ2) is 7.72. The van der Waals surface area contributed by atoms with Gasteiger partial charge in [-0.1, -0.05) is 36.4 Å². The minimum atomic E-state index is -0.308. The third-order valence-corrected chi connectivity index (χ3v) is 4.58. The third kappa shape index (κ3) is 3.69. The summed E-state index contributed by atoms with van der Waals surface area (Å²) in [5.41, 5.74) is 2.27. The predicted octanol–water partition coefficient (Wildman–Crippen LogP) is 4.43. The number of nitrogens with one attached hydrogen (secondary N) is 3. The summed E-state index contributed by atoms with van der Waals surface area (Å²) in [6.45, 7) is 4.16. The molecule has 1 aromatic carbocycles. The number of aromatic nitrogens is 2. The summed E-state index contributed by atoms with van der Waals surface area (Å²) in [6.07, 6.45) is 8.89. The van der Waals surface area contributed by atoms with E-state index in [2.05, 4.69) is 39.7 Å². The monoisotopic (exact) mass is 378 g/mol. The average Bonchev–Trinajstić information content (AvgIpc) is 2.92. The number of rotatable bonds is 5. The van der Waals surface area contributed by atoms with Gasteiger partial charge in [0.15, 0.2) is 12.1 Å². The maximum Gasteiger partial charge on any atom is 0.229 e. The van der Waals surface area contributed by atoms with E-state index in [9.17, 15) is 4.39 Å². The smallest absolute Gasteiger partial charge is 0.229 e. The highest BCUT2D eigenvalue weighted by atomic mass is 19.1. The Morgan fingerprint density at radius 3 is 2.82 bits per heavy atom. The Balaban J connectivity index is 1.59. The molecule has 1 atom stereocenters. The number of benzene rings is 1. The van der Waals surface area contributed by atoms with Gasteiger partial charge in [0, 0.05) is 18.2 Å². The van der Waals surface area contributed by atoms with Crippen LogP contribution in [-0.4, -0.2) is 22.3 Å². The van der Waals surface area contributed by atoms with Crippen molar-refractivity contribution >= 4 is 23.1 Å². The summed E-state index contributed by atoms with van der Waals surface area (Å²) >= 11 is 0. The lowest BCUT2D eigenvalue weighted by molar-refractivity contribution is 0.526. The van der Waals surface area contributed by atoms with Gasteiger partial charge in [-0.25, -0.2) is 9.37 Å². The maximum absolute atomic E-state index is 14.3. The van der Waals surface area contributed by atoms with E-state index in [4.69, 9.17) is 4.98 Å². The molecule has 144 valence electrons. The molecule has 0 amide bonds. The highest BCUT2D eigenvalue weighted by molar-refractivity contribution is 5.73. The van der Waals surface area contributed by atoms with Crippen molar-refractivity contribution in [2.24, 2.45) is 0 Å². The zero-order chi connectivity index (χ0) is 19.5. The van der Waals surface area contributed by atoms with E-state index in [0.717, 1.165) is 17.2 Å². The molecule has 4 rings (SSSR count). The molecule has 6 nitrogen and oxygen atoms in total. The van der Waals surface area contributed by atoms with Crippen molar-refractivity contribution in [3.8, 4) is 0 Å². The molecule has 2 aromatic rings. The second-order valence-electron chi connectivity index (χ2n) is 6.93. The summed E-state index contributed by atoms with van der Waals surface area (Å²) in [5.74, 6) is 1.04. The van der Waals surface area contributed by atoms with Crippen molar-refractivity contribution < 1.29 is 4.39 Å². The summed E-state index contributed by atoms with van der Waals surface area (Å²) in [6, 6.07) is 9.93. The van der Waals surface area contributed by atoms with Gasteiger partial charge in [-0.15, -0.1) is 0 Å². The molecule has 0 saturated heterocycles. The van der Waals surface area contributed by atoms with E-state index in [1.807, 2.05) is 42.5 Å². The first-order chi connectivity index (χ1) is 13.6. The molecule has 1 aliphatic heterocycles. The van der Waals surface area contributed by atoms with Crippen molar-refractivity contribution in [2.75, 3.05) is 15.5 Å². The Hall–Kier alpha value is -3.35. The molecule has 2 heterocycles. The van der Waals surface area contributed by atoms with Crippen LogP contribution in [0.15, 0.2) is 72.4 Å². The van der Waals surface area contributed by atoms with E-state index < -0.39 is 0 Å². The van der Waals surface area contributed by atoms with Gasteiger partial charge < -0.3 is 20.9 Å². The largest absolute Gasteiger partial charge is 0.349 e. The van der Waals surface area contributed by atoms with Crippen molar-refractivity contribution in [3.63, 3.8) is 0 Å². The van der Waals surface area contributed by atoms with Crippen LogP contribution in [0.4, 0.5) is 27.5 Å². The molecule has 0 saturated carbocycles. The average molecular weight is 378 g/mol.